The molecule has 0 bridgehead atoms. The van der Waals surface area contributed by atoms with Crippen LogP contribution in [0.25, 0.3) is 11.0 Å². The highest BCUT2D eigenvalue weighted by Crippen LogP contribution is 2.32. The van der Waals surface area contributed by atoms with Gasteiger partial charge in [0.15, 0.2) is 11.3 Å². The van der Waals surface area contributed by atoms with Crippen molar-refractivity contribution in [2.24, 2.45) is 0 Å². The topological polar surface area (TPSA) is 83.1 Å². The fourth-order valence-electron chi connectivity index (χ4n) is 3.21. The molecule has 1 amide bonds. The second-order valence-corrected chi connectivity index (χ2v) is 6.43. The minimum absolute atomic E-state index is 0.122. The molecule has 8 heteroatoms. The maximum absolute atomic E-state index is 12.8. The fraction of sp³-hybridized carbons (Fsp3) is 0.562. The van der Waals surface area contributed by atoms with Crippen molar-refractivity contribution in [2.45, 2.75) is 32.2 Å². The van der Waals surface area contributed by atoms with E-state index >= 15 is 0 Å². The van der Waals surface area contributed by atoms with E-state index in [0.29, 0.717) is 27.4 Å². The summed E-state index contributed by atoms with van der Waals surface area (Å²) in [6.07, 6.45) is 3.26. The standard InChI is InChI=1S/C16H22ClN5O2/c1-3-22-7-5-4-6-10(9-22)18-16(23)11-8-12(17)13-14(15(11)24-2)20-21-19-13/h8,10H,3-7,9H2,1-2H3,(H,18,23)(H,19,20,21). The summed E-state index contributed by atoms with van der Waals surface area (Å²) < 4.78 is 5.40. The number of H-pyrrole nitrogens is 1. The van der Waals surface area contributed by atoms with Gasteiger partial charge in [-0.25, -0.2) is 0 Å². The molecule has 24 heavy (non-hydrogen) atoms. The first-order valence-electron chi connectivity index (χ1n) is 8.24. The first kappa shape index (κ1) is 17.0. The lowest BCUT2D eigenvalue weighted by Crippen LogP contribution is -2.42. The molecule has 1 fully saturated rings. The van der Waals surface area contributed by atoms with Gasteiger partial charge in [0, 0.05) is 12.6 Å². The zero-order valence-electron chi connectivity index (χ0n) is 13.9. The quantitative estimate of drug-likeness (QED) is 0.882. The van der Waals surface area contributed by atoms with Crippen LogP contribution in [-0.2, 0) is 0 Å². The van der Waals surface area contributed by atoms with Crippen LogP contribution < -0.4 is 10.1 Å². The molecule has 0 radical (unpaired) electrons. The van der Waals surface area contributed by atoms with Crippen molar-refractivity contribution in [1.82, 2.24) is 25.6 Å². The number of amides is 1. The van der Waals surface area contributed by atoms with E-state index in [4.69, 9.17) is 16.3 Å². The number of benzene rings is 1. The number of fused-ring (bicyclic) bond motifs is 1. The Balaban J connectivity index is 1.85. The van der Waals surface area contributed by atoms with Crippen molar-refractivity contribution >= 4 is 28.5 Å². The summed E-state index contributed by atoms with van der Waals surface area (Å²) >= 11 is 6.22. The minimum Gasteiger partial charge on any atom is -0.493 e. The molecule has 3 rings (SSSR count). The normalized spacial score (nSPS) is 19.2. The van der Waals surface area contributed by atoms with E-state index < -0.39 is 0 Å². The number of likely N-dealkylation sites (tertiary alicyclic amines) is 1. The van der Waals surface area contributed by atoms with Crippen LogP contribution in [0.15, 0.2) is 6.07 Å². The van der Waals surface area contributed by atoms with Gasteiger partial charge in [0.1, 0.15) is 5.52 Å². The molecule has 1 atom stereocenters. The maximum Gasteiger partial charge on any atom is 0.255 e. The van der Waals surface area contributed by atoms with Crippen molar-refractivity contribution in [2.75, 3.05) is 26.7 Å². The SMILES string of the molecule is CCN1CCCCC(NC(=O)c2cc(Cl)c3n[nH]nc3c2OC)C1. The van der Waals surface area contributed by atoms with Crippen molar-refractivity contribution in [3.05, 3.63) is 16.7 Å². The second-order valence-electron chi connectivity index (χ2n) is 6.02. The van der Waals surface area contributed by atoms with Crippen LogP contribution >= 0.6 is 11.6 Å². The zero-order valence-corrected chi connectivity index (χ0v) is 14.7. The first-order valence-corrected chi connectivity index (χ1v) is 8.62. The molecule has 1 aliphatic heterocycles. The molecule has 0 saturated carbocycles. The summed E-state index contributed by atoms with van der Waals surface area (Å²) in [5.41, 5.74) is 1.35. The molecule has 1 aromatic heterocycles. The lowest BCUT2D eigenvalue weighted by atomic mass is 10.1. The van der Waals surface area contributed by atoms with Gasteiger partial charge in [0.05, 0.1) is 17.7 Å². The summed E-state index contributed by atoms with van der Waals surface area (Å²) in [5, 5.41) is 14.1. The van der Waals surface area contributed by atoms with Gasteiger partial charge in [-0.2, -0.15) is 15.4 Å². The molecule has 1 aromatic carbocycles. The van der Waals surface area contributed by atoms with Crippen LogP contribution in [0.4, 0.5) is 0 Å². The Morgan fingerprint density at radius 1 is 1.46 bits per heavy atom. The van der Waals surface area contributed by atoms with E-state index in [1.807, 2.05) is 0 Å². The summed E-state index contributed by atoms with van der Waals surface area (Å²) in [4.78, 5) is 15.2. The monoisotopic (exact) mass is 351 g/mol. The van der Waals surface area contributed by atoms with Gasteiger partial charge in [-0.1, -0.05) is 24.9 Å². The number of likely N-dealkylation sites (N-methyl/N-ethyl adjacent to an activating group) is 1. The third-order valence-corrected chi connectivity index (χ3v) is 4.78. The summed E-state index contributed by atoms with van der Waals surface area (Å²) in [5.74, 6) is 0.197. The van der Waals surface area contributed by atoms with Gasteiger partial charge in [-0.3, -0.25) is 4.79 Å². The second kappa shape index (κ2) is 7.36. The number of methoxy groups -OCH3 is 1. The highest BCUT2D eigenvalue weighted by molar-refractivity contribution is 6.35. The number of nitrogens with one attached hydrogen (secondary N) is 2. The van der Waals surface area contributed by atoms with Gasteiger partial charge < -0.3 is 15.0 Å². The third kappa shape index (κ3) is 3.32. The predicted molar refractivity (Wildman–Crippen MR) is 92.7 cm³/mol. The van der Waals surface area contributed by atoms with Crippen LogP contribution in [0.2, 0.25) is 5.02 Å². The lowest BCUT2D eigenvalue weighted by molar-refractivity contribution is 0.0924. The zero-order chi connectivity index (χ0) is 17.1. The van der Waals surface area contributed by atoms with Gasteiger partial charge in [0.2, 0.25) is 0 Å². The number of halogens is 1. The Hall–Kier alpha value is -1.86. The summed E-state index contributed by atoms with van der Waals surface area (Å²) in [7, 11) is 1.51. The first-order chi connectivity index (χ1) is 11.6. The van der Waals surface area contributed by atoms with Gasteiger partial charge in [-0.15, -0.1) is 0 Å². The van der Waals surface area contributed by atoms with Gasteiger partial charge in [0.25, 0.3) is 5.91 Å². The molecule has 2 heterocycles. The number of hydrogen-bond donors (Lipinski definition) is 2. The van der Waals surface area contributed by atoms with Crippen LogP contribution in [0.5, 0.6) is 5.75 Å². The van der Waals surface area contributed by atoms with E-state index in [1.165, 1.54) is 13.5 Å². The molecular formula is C16H22ClN5O2. The van der Waals surface area contributed by atoms with Crippen LogP contribution in [-0.4, -0.2) is 59.0 Å². The number of aromatic nitrogens is 3. The molecule has 1 unspecified atom stereocenters. The number of carbonyl (C=O) groups excluding carboxylic acids is 1. The molecule has 1 aliphatic rings. The Kier molecular flexibility index (Phi) is 5.20. The Morgan fingerprint density at radius 2 is 2.25 bits per heavy atom. The van der Waals surface area contributed by atoms with Gasteiger partial charge in [-0.05, 0) is 32.0 Å². The highest BCUT2D eigenvalue weighted by atomic mass is 35.5. The molecule has 130 valence electrons. The molecule has 2 aromatic rings. The fourth-order valence-corrected chi connectivity index (χ4v) is 3.45. The molecule has 0 aliphatic carbocycles. The Morgan fingerprint density at radius 3 is 3.00 bits per heavy atom. The average molecular weight is 352 g/mol. The Bertz CT molecular complexity index is 733. The van der Waals surface area contributed by atoms with Crippen LogP contribution in [0.1, 0.15) is 36.5 Å². The molecule has 1 saturated heterocycles. The highest BCUT2D eigenvalue weighted by Gasteiger charge is 2.24. The molecule has 0 spiro atoms. The number of nitrogens with zero attached hydrogens (tertiary/aromatic N) is 3. The van der Waals surface area contributed by atoms with E-state index in [0.717, 1.165) is 32.5 Å². The molecule has 7 nitrogen and oxygen atoms in total. The van der Waals surface area contributed by atoms with Crippen LogP contribution in [0.3, 0.4) is 0 Å². The molecule has 2 N–H and O–H groups in total. The number of hydrogen-bond acceptors (Lipinski definition) is 5. The van der Waals surface area contributed by atoms with Gasteiger partial charge >= 0.3 is 0 Å². The van der Waals surface area contributed by atoms with E-state index in [1.54, 1.807) is 6.07 Å². The number of ether oxygens (including phenoxy) is 1. The minimum atomic E-state index is -0.193. The van der Waals surface area contributed by atoms with E-state index in [2.05, 4.69) is 32.6 Å². The molecular weight excluding hydrogens is 330 g/mol. The van der Waals surface area contributed by atoms with E-state index in [-0.39, 0.29) is 11.9 Å². The third-order valence-electron chi connectivity index (χ3n) is 4.49. The van der Waals surface area contributed by atoms with Crippen molar-refractivity contribution in [1.29, 1.82) is 0 Å². The maximum atomic E-state index is 12.8. The summed E-state index contributed by atoms with van der Waals surface area (Å²) in [6, 6.07) is 1.71. The van der Waals surface area contributed by atoms with E-state index in [9.17, 15) is 4.79 Å². The predicted octanol–water partition coefficient (Wildman–Crippen LogP) is 2.22. The van der Waals surface area contributed by atoms with Crippen LogP contribution in [0, 0.1) is 0 Å². The number of carbonyl (C=O) groups is 1. The number of rotatable bonds is 4. The smallest absolute Gasteiger partial charge is 0.255 e. The number of aromatic amines is 1. The lowest BCUT2D eigenvalue weighted by Gasteiger charge is -2.23. The average Bonchev–Trinajstić information content (AvgIpc) is 2.96. The summed E-state index contributed by atoms with van der Waals surface area (Å²) in [6.45, 7) is 5.09. The van der Waals surface area contributed by atoms with Crippen molar-refractivity contribution < 1.29 is 9.53 Å². The largest absolute Gasteiger partial charge is 0.493 e. The Labute approximate surface area is 145 Å². The van der Waals surface area contributed by atoms with Crippen molar-refractivity contribution in [3.63, 3.8) is 0 Å². The van der Waals surface area contributed by atoms with Crippen molar-refractivity contribution in [3.8, 4) is 5.75 Å².